The Kier molecular flexibility index (Phi) is 11.0. The zero-order valence-corrected chi connectivity index (χ0v) is 24.0. The Bertz CT molecular complexity index is 1410. The van der Waals surface area contributed by atoms with E-state index < -0.39 is 18.3 Å². The highest BCUT2D eigenvalue weighted by Gasteiger charge is 2.29. The maximum Gasteiger partial charge on any atom is 0.530 e. The summed E-state index contributed by atoms with van der Waals surface area (Å²) in [6.07, 6.45) is 0. The van der Waals surface area contributed by atoms with Gasteiger partial charge >= 0.3 is 7.82 Å². The average molecular weight is 615 g/mol. The Balaban J connectivity index is 1.35. The van der Waals surface area contributed by atoms with Crippen molar-refractivity contribution in [2.45, 2.75) is 0 Å². The van der Waals surface area contributed by atoms with Crippen LogP contribution in [0.3, 0.4) is 0 Å². The second-order valence-electron chi connectivity index (χ2n) is 8.39. The zero-order valence-electron chi connectivity index (χ0n) is 21.6. The highest BCUT2D eigenvalue weighted by atomic mass is 35.5. The summed E-state index contributed by atoms with van der Waals surface area (Å²) < 4.78 is 41.4. The van der Waals surface area contributed by atoms with Crippen molar-refractivity contribution in [3.8, 4) is 28.4 Å². The third kappa shape index (κ3) is 9.46. The van der Waals surface area contributed by atoms with E-state index in [2.05, 4.69) is 0 Å². The molecular formula is C30H25Cl2O8P. The number of rotatable bonds is 15. The summed E-state index contributed by atoms with van der Waals surface area (Å²) in [6, 6.07) is 29.3. The van der Waals surface area contributed by atoms with E-state index in [0.717, 1.165) is 11.1 Å². The fraction of sp³-hybridized carbons (Fsp3) is 0.133. The fourth-order valence-corrected chi connectivity index (χ4v) is 4.95. The van der Waals surface area contributed by atoms with E-state index in [0.29, 0.717) is 22.6 Å². The maximum absolute atomic E-state index is 13.5. The lowest BCUT2D eigenvalue weighted by molar-refractivity contribution is 0.107. The lowest BCUT2D eigenvalue weighted by Crippen LogP contribution is -2.12. The minimum atomic E-state index is -4.10. The predicted molar refractivity (Wildman–Crippen MR) is 156 cm³/mol. The van der Waals surface area contributed by atoms with E-state index >= 15 is 0 Å². The van der Waals surface area contributed by atoms with E-state index in [9.17, 15) is 14.2 Å². The Morgan fingerprint density at radius 2 is 0.951 bits per heavy atom. The van der Waals surface area contributed by atoms with Crippen LogP contribution in [-0.2, 0) is 13.6 Å². The van der Waals surface area contributed by atoms with Gasteiger partial charge in [0, 0.05) is 11.1 Å². The highest BCUT2D eigenvalue weighted by Crippen LogP contribution is 2.49. The SMILES string of the molecule is O=C(Cl)c1ccc(OCCOP(=O)(OCCOc2ccc(C(=O)Cl)cc2)Oc2ccc(-c3ccccc3)cc2)cc1. The van der Waals surface area contributed by atoms with Gasteiger partial charge in [-0.15, -0.1) is 0 Å². The van der Waals surface area contributed by atoms with Crippen LogP contribution in [0.25, 0.3) is 11.1 Å². The van der Waals surface area contributed by atoms with Gasteiger partial charge in [0.15, 0.2) is 0 Å². The monoisotopic (exact) mass is 614 g/mol. The number of phosphoric acid groups is 1. The molecule has 41 heavy (non-hydrogen) atoms. The summed E-state index contributed by atoms with van der Waals surface area (Å²) in [6.45, 7) is -0.186. The van der Waals surface area contributed by atoms with Crippen molar-refractivity contribution < 1.29 is 37.2 Å². The molecule has 0 aliphatic rings. The number of benzene rings is 4. The van der Waals surface area contributed by atoms with Gasteiger partial charge in [-0.05, 0) is 95.0 Å². The van der Waals surface area contributed by atoms with Crippen LogP contribution in [0, 0.1) is 0 Å². The molecule has 0 bridgehead atoms. The number of hydrogen-bond donors (Lipinski definition) is 0. The molecule has 0 aliphatic carbocycles. The lowest BCUT2D eigenvalue weighted by Gasteiger charge is -2.19. The molecule has 0 aliphatic heterocycles. The molecule has 0 aromatic heterocycles. The highest BCUT2D eigenvalue weighted by molar-refractivity contribution is 7.48. The summed E-state index contributed by atoms with van der Waals surface area (Å²) >= 11 is 10.9. The standard InChI is InChI=1S/C30H25Cl2O8P/c31-29(33)24-8-12-26(13-9-24)36-18-20-38-41(35,39-21-19-37-27-14-10-25(11-15-27)30(32)34)40-28-16-6-23(7-17-28)22-4-2-1-3-5-22/h1-17H,18-21H2. The normalized spacial score (nSPS) is 11.1. The molecule has 0 amide bonds. The van der Waals surface area contributed by atoms with Gasteiger partial charge in [-0.1, -0.05) is 42.5 Å². The van der Waals surface area contributed by atoms with Crippen molar-refractivity contribution in [3.05, 3.63) is 114 Å². The smallest absolute Gasteiger partial charge is 0.491 e. The first-order valence-electron chi connectivity index (χ1n) is 12.4. The second kappa shape index (κ2) is 14.8. The fourth-order valence-electron chi connectivity index (χ4n) is 3.54. The molecule has 0 N–H and O–H groups in total. The average Bonchev–Trinajstić information content (AvgIpc) is 2.99. The molecule has 0 saturated carbocycles. The third-order valence-corrected chi connectivity index (χ3v) is 7.41. The van der Waals surface area contributed by atoms with E-state index in [1.165, 1.54) is 24.3 Å². The number of ether oxygens (including phenoxy) is 2. The van der Waals surface area contributed by atoms with Crippen LogP contribution in [-0.4, -0.2) is 36.9 Å². The van der Waals surface area contributed by atoms with Gasteiger partial charge in [0.25, 0.3) is 10.5 Å². The van der Waals surface area contributed by atoms with Crippen LogP contribution in [0.5, 0.6) is 17.2 Å². The summed E-state index contributed by atoms with van der Waals surface area (Å²) in [5.74, 6) is 1.23. The largest absolute Gasteiger partial charge is 0.530 e. The van der Waals surface area contributed by atoms with Crippen LogP contribution in [0.2, 0.25) is 0 Å². The summed E-state index contributed by atoms with van der Waals surface area (Å²) in [5, 5.41) is -1.14. The van der Waals surface area contributed by atoms with Gasteiger partial charge in [0.05, 0.1) is 13.2 Å². The van der Waals surface area contributed by atoms with Crippen molar-refractivity contribution in [3.63, 3.8) is 0 Å². The van der Waals surface area contributed by atoms with E-state index in [1.807, 2.05) is 42.5 Å². The van der Waals surface area contributed by atoms with Crippen LogP contribution >= 0.6 is 31.0 Å². The Hall–Kier alpha value is -3.65. The molecule has 0 spiro atoms. The number of halogens is 2. The van der Waals surface area contributed by atoms with Crippen molar-refractivity contribution in [1.29, 1.82) is 0 Å². The van der Waals surface area contributed by atoms with Gasteiger partial charge < -0.3 is 14.0 Å². The molecular weight excluding hydrogens is 590 g/mol. The second-order valence-corrected chi connectivity index (χ2v) is 10.7. The van der Waals surface area contributed by atoms with Gasteiger partial charge in [-0.3, -0.25) is 18.6 Å². The summed E-state index contributed by atoms with van der Waals surface area (Å²) in [7, 11) is -4.10. The lowest BCUT2D eigenvalue weighted by atomic mass is 10.1. The quantitative estimate of drug-likeness (QED) is 0.0760. The minimum Gasteiger partial charge on any atom is -0.491 e. The number of hydrogen-bond acceptors (Lipinski definition) is 8. The molecule has 0 heterocycles. The van der Waals surface area contributed by atoms with Crippen molar-refractivity contribution in [2.24, 2.45) is 0 Å². The summed E-state index contributed by atoms with van der Waals surface area (Å²) in [5.41, 5.74) is 2.66. The van der Waals surface area contributed by atoms with Crippen molar-refractivity contribution in [1.82, 2.24) is 0 Å². The number of carbonyl (C=O) groups excluding carboxylic acids is 2. The molecule has 0 unspecified atom stereocenters. The molecule has 0 radical (unpaired) electrons. The third-order valence-electron chi connectivity index (χ3n) is 5.54. The predicted octanol–water partition coefficient (Wildman–Crippen LogP) is 7.79. The van der Waals surface area contributed by atoms with Crippen LogP contribution in [0.4, 0.5) is 0 Å². The molecule has 8 nitrogen and oxygen atoms in total. The van der Waals surface area contributed by atoms with E-state index in [1.54, 1.807) is 36.4 Å². The molecule has 212 valence electrons. The van der Waals surface area contributed by atoms with Crippen molar-refractivity contribution >= 4 is 41.5 Å². The molecule has 4 aromatic carbocycles. The zero-order chi connectivity index (χ0) is 29.1. The Morgan fingerprint density at radius 3 is 1.39 bits per heavy atom. The first-order chi connectivity index (χ1) is 19.8. The van der Waals surface area contributed by atoms with Gasteiger partial charge in [-0.2, -0.15) is 0 Å². The number of carbonyl (C=O) groups is 2. The van der Waals surface area contributed by atoms with Crippen LogP contribution in [0.1, 0.15) is 20.7 Å². The molecule has 0 saturated heterocycles. The number of phosphoric ester groups is 1. The molecule has 0 fully saturated rings. The van der Waals surface area contributed by atoms with Gasteiger partial charge in [0.2, 0.25) is 0 Å². The Morgan fingerprint density at radius 1 is 0.537 bits per heavy atom. The maximum atomic E-state index is 13.5. The van der Waals surface area contributed by atoms with Gasteiger partial charge in [0.1, 0.15) is 30.5 Å². The summed E-state index contributed by atoms with van der Waals surface area (Å²) in [4.78, 5) is 22.4. The first-order valence-corrected chi connectivity index (χ1v) is 14.6. The van der Waals surface area contributed by atoms with Crippen molar-refractivity contribution in [2.75, 3.05) is 26.4 Å². The van der Waals surface area contributed by atoms with Crippen LogP contribution < -0.4 is 14.0 Å². The molecule has 4 rings (SSSR count). The first kappa shape index (κ1) is 30.3. The van der Waals surface area contributed by atoms with E-state index in [4.69, 9.17) is 46.2 Å². The molecule has 4 aromatic rings. The molecule has 0 atom stereocenters. The Labute approximate surface area is 247 Å². The van der Waals surface area contributed by atoms with Gasteiger partial charge in [-0.25, -0.2) is 4.57 Å². The molecule has 11 heteroatoms. The topological polar surface area (TPSA) is 97.4 Å². The van der Waals surface area contributed by atoms with Crippen LogP contribution in [0.15, 0.2) is 103 Å². The minimum absolute atomic E-state index is 0.0277. The van der Waals surface area contributed by atoms with E-state index in [-0.39, 0.29) is 32.2 Å².